The second-order valence-electron chi connectivity index (χ2n) is 4.26. The van der Waals surface area contributed by atoms with E-state index in [1.807, 2.05) is 13.8 Å². The standard InChI is InChI=1S/C11H17NO4S2/c1-7(2)8(3)12-18(14,15)9-5-6-17-10(9)11(13)16-4/h5-8,12H,1-4H3. The van der Waals surface area contributed by atoms with E-state index >= 15 is 0 Å². The molecular formula is C11H17NO4S2. The minimum absolute atomic E-state index is 0.0214. The molecule has 0 spiro atoms. The number of methoxy groups -OCH3 is 1. The molecule has 102 valence electrons. The second kappa shape index (κ2) is 5.81. The zero-order valence-electron chi connectivity index (χ0n) is 10.8. The number of sulfonamides is 1. The van der Waals surface area contributed by atoms with E-state index in [1.165, 1.54) is 13.2 Å². The highest BCUT2D eigenvalue weighted by Gasteiger charge is 2.26. The van der Waals surface area contributed by atoms with Crippen molar-refractivity contribution in [3.63, 3.8) is 0 Å². The van der Waals surface area contributed by atoms with E-state index in [1.54, 1.807) is 12.3 Å². The number of ether oxygens (including phenoxy) is 1. The summed E-state index contributed by atoms with van der Waals surface area (Å²) in [7, 11) is -2.46. The maximum atomic E-state index is 12.1. The number of carbonyl (C=O) groups is 1. The van der Waals surface area contributed by atoms with E-state index in [0.29, 0.717) is 0 Å². The summed E-state index contributed by atoms with van der Waals surface area (Å²) in [6, 6.07) is 1.20. The molecule has 1 aromatic rings. The Hall–Kier alpha value is -0.920. The molecule has 1 atom stereocenters. The Kier molecular flexibility index (Phi) is 4.89. The Balaban J connectivity index is 3.06. The first-order valence-electron chi connectivity index (χ1n) is 5.47. The smallest absolute Gasteiger partial charge is 0.349 e. The van der Waals surface area contributed by atoms with Crippen LogP contribution in [0.15, 0.2) is 16.3 Å². The summed E-state index contributed by atoms with van der Waals surface area (Å²) >= 11 is 1.05. The molecule has 1 N–H and O–H groups in total. The fourth-order valence-corrected chi connectivity index (χ4v) is 3.92. The van der Waals surface area contributed by atoms with Crippen molar-refractivity contribution >= 4 is 27.3 Å². The SMILES string of the molecule is COC(=O)c1sccc1S(=O)(=O)NC(C)C(C)C. The molecule has 1 heterocycles. The largest absolute Gasteiger partial charge is 0.465 e. The molecule has 0 aromatic carbocycles. The van der Waals surface area contributed by atoms with Crippen molar-refractivity contribution in [2.24, 2.45) is 5.92 Å². The summed E-state index contributed by atoms with van der Waals surface area (Å²) in [5, 5.41) is 1.56. The Morgan fingerprint density at radius 2 is 2.00 bits per heavy atom. The number of nitrogens with one attached hydrogen (secondary N) is 1. The van der Waals surface area contributed by atoms with Crippen LogP contribution in [0.3, 0.4) is 0 Å². The van der Waals surface area contributed by atoms with Gasteiger partial charge in [0.25, 0.3) is 0 Å². The Morgan fingerprint density at radius 3 is 2.50 bits per heavy atom. The Morgan fingerprint density at radius 1 is 1.39 bits per heavy atom. The van der Waals surface area contributed by atoms with Crippen molar-refractivity contribution in [3.05, 3.63) is 16.3 Å². The molecule has 1 rings (SSSR count). The first kappa shape index (κ1) is 15.1. The lowest BCUT2D eigenvalue weighted by atomic mass is 10.1. The molecule has 5 nitrogen and oxygen atoms in total. The number of rotatable bonds is 5. The molecule has 0 radical (unpaired) electrons. The third-order valence-corrected chi connectivity index (χ3v) is 5.26. The molecule has 0 aliphatic heterocycles. The highest BCUT2D eigenvalue weighted by atomic mass is 32.2. The van der Waals surface area contributed by atoms with E-state index in [9.17, 15) is 13.2 Å². The van der Waals surface area contributed by atoms with Gasteiger partial charge in [0.15, 0.2) is 0 Å². The normalized spacial score (nSPS) is 13.6. The van der Waals surface area contributed by atoms with Gasteiger partial charge in [0.1, 0.15) is 9.77 Å². The molecule has 0 fully saturated rings. The predicted molar refractivity (Wildman–Crippen MR) is 70.3 cm³/mol. The van der Waals surface area contributed by atoms with Gasteiger partial charge in [-0.25, -0.2) is 17.9 Å². The predicted octanol–water partition coefficient (Wildman–Crippen LogP) is 1.86. The van der Waals surface area contributed by atoms with Gasteiger partial charge in [-0.05, 0) is 24.3 Å². The second-order valence-corrected chi connectivity index (χ2v) is 6.86. The third kappa shape index (κ3) is 3.30. The van der Waals surface area contributed by atoms with Gasteiger partial charge in [0, 0.05) is 6.04 Å². The van der Waals surface area contributed by atoms with Crippen LogP contribution in [0.2, 0.25) is 0 Å². The van der Waals surface area contributed by atoms with Crippen LogP contribution in [-0.4, -0.2) is 27.5 Å². The van der Waals surface area contributed by atoms with Gasteiger partial charge in [-0.3, -0.25) is 0 Å². The van der Waals surface area contributed by atoms with E-state index in [2.05, 4.69) is 9.46 Å². The van der Waals surface area contributed by atoms with E-state index in [-0.39, 0.29) is 21.7 Å². The Labute approximate surface area is 111 Å². The quantitative estimate of drug-likeness (QED) is 0.840. The van der Waals surface area contributed by atoms with Gasteiger partial charge in [-0.1, -0.05) is 13.8 Å². The molecule has 1 unspecified atom stereocenters. The third-order valence-electron chi connectivity index (χ3n) is 2.63. The molecule has 1 aromatic heterocycles. The lowest BCUT2D eigenvalue weighted by Crippen LogP contribution is -2.36. The van der Waals surface area contributed by atoms with Crippen molar-refractivity contribution in [1.29, 1.82) is 0 Å². The highest BCUT2D eigenvalue weighted by Crippen LogP contribution is 2.23. The minimum atomic E-state index is -3.69. The molecule has 0 saturated carbocycles. The summed E-state index contributed by atoms with van der Waals surface area (Å²) in [5.41, 5.74) is 0. The van der Waals surface area contributed by atoms with Crippen LogP contribution < -0.4 is 4.72 Å². The zero-order chi connectivity index (χ0) is 13.9. The number of carbonyl (C=O) groups excluding carboxylic acids is 1. The van der Waals surface area contributed by atoms with Crippen LogP contribution in [0.1, 0.15) is 30.4 Å². The van der Waals surface area contributed by atoms with Crippen LogP contribution in [0.25, 0.3) is 0 Å². The van der Waals surface area contributed by atoms with Crippen molar-refractivity contribution in [2.75, 3.05) is 7.11 Å². The van der Waals surface area contributed by atoms with E-state index in [0.717, 1.165) is 11.3 Å². The average molecular weight is 291 g/mol. The maximum absolute atomic E-state index is 12.1. The van der Waals surface area contributed by atoms with Crippen molar-refractivity contribution < 1.29 is 17.9 Å². The topological polar surface area (TPSA) is 72.5 Å². The first-order valence-corrected chi connectivity index (χ1v) is 7.84. The average Bonchev–Trinajstić information content (AvgIpc) is 2.76. The van der Waals surface area contributed by atoms with Crippen molar-refractivity contribution in [1.82, 2.24) is 4.72 Å². The van der Waals surface area contributed by atoms with Crippen LogP contribution in [0, 0.1) is 5.92 Å². The first-order chi connectivity index (χ1) is 8.29. The summed E-state index contributed by atoms with van der Waals surface area (Å²) in [5.74, 6) is -0.470. The van der Waals surface area contributed by atoms with Crippen molar-refractivity contribution in [2.45, 2.75) is 31.7 Å². The fraction of sp³-hybridized carbons (Fsp3) is 0.545. The van der Waals surface area contributed by atoms with Gasteiger partial charge in [-0.2, -0.15) is 0 Å². The molecule has 0 amide bonds. The van der Waals surface area contributed by atoms with Gasteiger partial charge in [0.2, 0.25) is 10.0 Å². The molecule has 18 heavy (non-hydrogen) atoms. The van der Waals surface area contributed by atoms with Gasteiger partial charge < -0.3 is 4.74 Å². The highest BCUT2D eigenvalue weighted by molar-refractivity contribution is 7.89. The molecule has 0 aliphatic rings. The lowest BCUT2D eigenvalue weighted by molar-refractivity contribution is 0.0602. The molecule has 7 heteroatoms. The van der Waals surface area contributed by atoms with Crippen LogP contribution in [0.4, 0.5) is 0 Å². The summed E-state index contributed by atoms with van der Waals surface area (Å²) < 4.78 is 31.4. The minimum Gasteiger partial charge on any atom is -0.465 e. The van der Waals surface area contributed by atoms with Gasteiger partial charge in [-0.15, -0.1) is 11.3 Å². The lowest BCUT2D eigenvalue weighted by Gasteiger charge is -2.17. The van der Waals surface area contributed by atoms with Gasteiger partial charge >= 0.3 is 5.97 Å². The number of thiophene rings is 1. The number of hydrogen-bond donors (Lipinski definition) is 1. The van der Waals surface area contributed by atoms with E-state index in [4.69, 9.17) is 0 Å². The van der Waals surface area contributed by atoms with Crippen molar-refractivity contribution in [3.8, 4) is 0 Å². The molecule has 0 saturated heterocycles. The zero-order valence-corrected chi connectivity index (χ0v) is 12.4. The number of esters is 1. The molecular weight excluding hydrogens is 274 g/mol. The van der Waals surface area contributed by atoms with E-state index < -0.39 is 16.0 Å². The molecule has 0 bridgehead atoms. The molecule has 0 aliphatic carbocycles. The maximum Gasteiger partial charge on any atom is 0.349 e. The fourth-order valence-electron chi connectivity index (χ4n) is 1.19. The monoisotopic (exact) mass is 291 g/mol. The van der Waals surface area contributed by atoms with Gasteiger partial charge in [0.05, 0.1) is 7.11 Å². The number of hydrogen-bond acceptors (Lipinski definition) is 5. The summed E-state index contributed by atoms with van der Waals surface area (Å²) in [6.45, 7) is 5.62. The van der Waals surface area contributed by atoms with Crippen LogP contribution in [-0.2, 0) is 14.8 Å². The van der Waals surface area contributed by atoms with Crippen LogP contribution in [0.5, 0.6) is 0 Å². The Bertz CT molecular complexity index is 519. The van der Waals surface area contributed by atoms with Crippen LogP contribution >= 0.6 is 11.3 Å². The summed E-state index contributed by atoms with van der Waals surface area (Å²) in [6.07, 6.45) is 0. The summed E-state index contributed by atoms with van der Waals surface area (Å²) in [4.78, 5) is 11.5.